The maximum atomic E-state index is 6.30. The molecule has 1 aromatic rings. The van der Waals surface area contributed by atoms with Crippen LogP contribution in [0.2, 0.25) is 5.02 Å². The molecule has 0 aromatic heterocycles. The Labute approximate surface area is 179 Å². The molecule has 26 heavy (non-hydrogen) atoms. The summed E-state index contributed by atoms with van der Waals surface area (Å²) < 4.78 is 0. The third-order valence-electron chi connectivity index (χ3n) is 5.27. The average molecular weight is 492 g/mol. The standard InChI is InChI=1S/C19H30ClN5.HI/c20-17-7-1-2-8-18(17)25-13-11-24(12-14-25)10-4-9-22-19(21)23-15-16-5-3-6-16;/h1-2,7-8,16H,3-6,9-15H2,(H3,21,22,23);1H. The van der Waals surface area contributed by atoms with Crippen molar-refractivity contribution in [3.8, 4) is 0 Å². The molecule has 3 rings (SSSR count). The van der Waals surface area contributed by atoms with Crippen LogP contribution in [0, 0.1) is 5.92 Å². The smallest absolute Gasteiger partial charge is 0.188 e. The number of nitrogens with zero attached hydrogens (tertiary/aromatic N) is 3. The van der Waals surface area contributed by atoms with Crippen LogP contribution in [0.25, 0.3) is 0 Å². The number of rotatable bonds is 7. The second-order valence-corrected chi connectivity index (χ2v) is 7.49. The van der Waals surface area contributed by atoms with Crippen LogP contribution in [0.4, 0.5) is 5.69 Å². The lowest BCUT2D eigenvalue weighted by molar-refractivity contribution is 0.255. The lowest BCUT2D eigenvalue weighted by atomic mass is 9.86. The molecule has 146 valence electrons. The number of piperazine rings is 1. The van der Waals surface area contributed by atoms with Crippen LogP contribution in [-0.2, 0) is 0 Å². The molecule has 0 amide bonds. The van der Waals surface area contributed by atoms with Crippen LogP contribution < -0.4 is 16.0 Å². The first-order valence-corrected chi connectivity index (χ1v) is 9.86. The predicted octanol–water partition coefficient (Wildman–Crippen LogP) is 3.17. The Bertz CT molecular complexity index is 571. The Morgan fingerprint density at radius 1 is 1.19 bits per heavy atom. The summed E-state index contributed by atoms with van der Waals surface area (Å²) in [5.74, 6) is 1.38. The van der Waals surface area contributed by atoms with Gasteiger partial charge in [0, 0.05) is 39.3 Å². The molecule has 2 fully saturated rings. The van der Waals surface area contributed by atoms with Gasteiger partial charge in [-0.05, 0) is 43.9 Å². The molecule has 3 N–H and O–H groups in total. The van der Waals surface area contributed by atoms with Gasteiger partial charge in [0.25, 0.3) is 0 Å². The monoisotopic (exact) mass is 491 g/mol. The summed E-state index contributed by atoms with van der Waals surface area (Å²) in [5.41, 5.74) is 7.08. The molecule has 5 nitrogen and oxygen atoms in total. The second-order valence-electron chi connectivity index (χ2n) is 7.08. The van der Waals surface area contributed by atoms with Crippen molar-refractivity contribution >= 4 is 47.2 Å². The normalized spacial score (nSPS) is 19.0. The summed E-state index contributed by atoms with van der Waals surface area (Å²) >= 11 is 6.30. The summed E-state index contributed by atoms with van der Waals surface area (Å²) in [6.45, 7) is 7.10. The van der Waals surface area contributed by atoms with E-state index in [9.17, 15) is 0 Å². The number of benzene rings is 1. The van der Waals surface area contributed by atoms with Crippen LogP contribution in [0.15, 0.2) is 29.3 Å². The van der Waals surface area contributed by atoms with E-state index in [2.05, 4.69) is 32.2 Å². The van der Waals surface area contributed by atoms with E-state index in [-0.39, 0.29) is 24.0 Å². The van der Waals surface area contributed by atoms with Crippen molar-refractivity contribution in [3.63, 3.8) is 0 Å². The molecule has 0 bridgehead atoms. The fraction of sp³-hybridized carbons (Fsp3) is 0.632. The molecule has 7 heteroatoms. The van der Waals surface area contributed by atoms with E-state index in [1.54, 1.807) is 0 Å². The molecule has 1 aliphatic heterocycles. The van der Waals surface area contributed by atoms with Crippen molar-refractivity contribution in [2.45, 2.75) is 25.7 Å². The van der Waals surface area contributed by atoms with Gasteiger partial charge >= 0.3 is 0 Å². The van der Waals surface area contributed by atoms with Crippen LogP contribution >= 0.6 is 35.6 Å². The van der Waals surface area contributed by atoms with E-state index in [4.69, 9.17) is 17.3 Å². The molecule has 1 aromatic carbocycles. The lowest BCUT2D eigenvalue weighted by Gasteiger charge is -2.36. The summed E-state index contributed by atoms with van der Waals surface area (Å²) in [7, 11) is 0. The highest BCUT2D eigenvalue weighted by atomic mass is 127. The Kier molecular flexibility index (Phi) is 9.28. The summed E-state index contributed by atoms with van der Waals surface area (Å²) in [5, 5.41) is 4.09. The van der Waals surface area contributed by atoms with Gasteiger partial charge in [0.2, 0.25) is 0 Å². The van der Waals surface area contributed by atoms with E-state index in [1.165, 1.54) is 19.3 Å². The molecular weight excluding hydrogens is 461 g/mol. The zero-order chi connectivity index (χ0) is 17.5. The number of nitrogens with one attached hydrogen (secondary N) is 1. The average Bonchev–Trinajstić information content (AvgIpc) is 2.58. The Morgan fingerprint density at radius 2 is 1.92 bits per heavy atom. The molecule has 1 saturated carbocycles. The highest BCUT2D eigenvalue weighted by Crippen LogP contribution is 2.26. The zero-order valence-electron chi connectivity index (χ0n) is 15.4. The second kappa shape index (κ2) is 11.2. The number of aliphatic imine (C=N–C) groups is 1. The fourth-order valence-corrected chi connectivity index (χ4v) is 3.65. The molecule has 0 radical (unpaired) electrons. The van der Waals surface area contributed by atoms with E-state index < -0.39 is 0 Å². The number of hydrogen-bond acceptors (Lipinski definition) is 3. The third kappa shape index (κ3) is 6.46. The molecule has 1 aliphatic carbocycles. The topological polar surface area (TPSA) is 56.9 Å². The first kappa shape index (κ1) is 21.6. The van der Waals surface area contributed by atoms with Crippen LogP contribution in [0.5, 0.6) is 0 Å². The molecule has 2 aliphatic rings. The van der Waals surface area contributed by atoms with Crippen molar-refractivity contribution in [3.05, 3.63) is 29.3 Å². The highest BCUT2D eigenvalue weighted by molar-refractivity contribution is 14.0. The number of nitrogens with two attached hydrogens (primary N) is 1. The van der Waals surface area contributed by atoms with Crippen LogP contribution in [0.1, 0.15) is 25.7 Å². The number of hydrogen-bond donors (Lipinski definition) is 2. The molecule has 0 unspecified atom stereocenters. The Morgan fingerprint density at radius 3 is 2.58 bits per heavy atom. The Balaban J connectivity index is 0.00000243. The number of para-hydroxylation sites is 1. The van der Waals surface area contributed by atoms with E-state index in [0.29, 0.717) is 5.96 Å². The minimum atomic E-state index is 0. The maximum absolute atomic E-state index is 6.30. The Hall–Kier alpha value is -0.730. The van der Waals surface area contributed by atoms with Crippen molar-refractivity contribution in [2.75, 3.05) is 50.7 Å². The van der Waals surface area contributed by atoms with Gasteiger partial charge in [0.15, 0.2) is 5.96 Å². The molecule has 0 spiro atoms. The summed E-state index contributed by atoms with van der Waals surface area (Å²) in [6, 6.07) is 8.10. The number of guanidine groups is 1. The van der Waals surface area contributed by atoms with E-state index >= 15 is 0 Å². The first-order chi connectivity index (χ1) is 12.2. The van der Waals surface area contributed by atoms with Crippen molar-refractivity contribution in [1.82, 2.24) is 10.2 Å². The van der Waals surface area contributed by atoms with Crippen LogP contribution in [-0.4, -0.2) is 56.7 Å². The van der Waals surface area contributed by atoms with Gasteiger partial charge in [-0.15, -0.1) is 24.0 Å². The third-order valence-corrected chi connectivity index (χ3v) is 5.59. The minimum absolute atomic E-state index is 0. The largest absolute Gasteiger partial charge is 0.370 e. The molecule has 0 atom stereocenters. The van der Waals surface area contributed by atoms with Gasteiger partial charge in [0.1, 0.15) is 0 Å². The first-order valence-electron chi connectivity index (χ1n) is 9.48. The fourth-order valence-electron chi connectivity index (χ4n) is 3.40. The van der Waals surface area contributed by atoms with Gasteiger partial charge in [-0.25, -0.2) is 0 Å². The lowest BCUT2D eigenvalue weighted by Crippen LogP contribution is -2.47. The van der Waals surface area contributed by atoms with Crippen LogP contribution in [0.3, 0.4) is 0 Å². The van der Waals surface area contributed by atoms with Gasteiger partial charge in [0.05, 0.1) is 10.7 Å². The maximum Gasteiger partial charge on any atom is 0.188 e. The quantitative estimate of drug-likeness (QED) is 0.266. The van der Waals surface area contributed by atoms with E-state index in [0.717, 1.165) is 68.9 Å². The molecular formula is C19H31ClIN5. The summed E-state index contributed by atoms with van der Waals surface area (Å²) in [4.78, 5) is 9.32. The van der Waals surface area contributed by atoms with Gasteiger partial charge in [-0.1, -0.05) is 30.2 Å². The minimum Gasteiger partial charge on any atom is -0.370 e. The zero-order valence-corrected chi connectivity index (χ0v) is 18.5. The van der Waals surface area contributed by atoms with Gasteiger partial charge < -0.3 is 16.0 Å². The highest BCUT2D eigenvalue weighted by Gasteiger charge is 2.18. The molecule has 1 heterocycles. The SMILES string of the molecule is I.NC(=NCC1CCC1)NCCCN1CCN(c2ccccc2Cl)CC1. The predicted molar refractivity (Wildman–Crippen MR) is 122 cm³/mol. The number of halogens is 2. The van der Waals surface area contributed by atoms with Crippen molar-refractivity contribution in [2.24, 2.45) is 16.6 Å². The molecule has 1 saturated heterocycles. The number of anilines is 1. The van der Waals surface area contributed by atoms with Crippen molar-refractivity contribution in [1.29, 1.82) is 0 Å². The van der Waals surface area contributed by atoms with Gasteiger partial charge in [-0.2, -0.15) is 0 Å². The van der Waals surface area contributed by atoms with Crippen molar-refractivity contribution < 1.29 is 0 Å². The summed E-state index contributed by atoms with van der Waals surface area (Å²) in [6.07, 6.45) is 5.08. The van der Waals surface area contributed by atoms with Gasteiger partial charge in [-0.3, -0.25) is 9.89 Å². The van der Waals surface area contributed by atoms with E-state index in [1.807, 2.05) is 12.1 Å².